The minimum atomic E-state index is -0.761. The zero-order valence-electron chi connectivity index (χ0n) is 12.0. The highest BCUT2D eigenvalue weighted by molar-refractivity contribution is 6.06. The van der Waals surface area contributed by atoms with Crippen molar-refractivity contribution in [2.45, 2.75) is 45.4 Å². The maximum atomic E-state index is 11.9. The van der Waals surface area contributed by atoms with Crippen LogP contribution in [0.1, 0.15) is 55.8 Å². The van der Waals surface area contributed by atoms with Crippen molar-refractivity contribution in [2.24, 2.45) is 0 Å². The van der Waals surface area contributed by atoms with Crippen molar-refractivity contribution >= 4 is 17.5 Å². The molecule has 0 aliphatic heterocycles. The Morgan fingerprint density at radius 1 is 1.29 bits per heavy atom. The summed E-state index contributed by atoms with van der Waals surface area (Å²) >= 11 is 0. The van der Waals surface area contributed by atoms with Gasteiger partial charge in [-0.1, -0.05) is 32.6 Å². The minimum Gasteiger partial charge on any atom is -0.292 e. The van der Waals surface area contributed by atoms with Gasteiger partial charge in [-0.25, -0.2) is 0 Å². The first-order valence-electron chi connectivity index (χ1n) is 6.98. The molecule has 1 heterocycles. The molecule has 0 aromatic carbocycles. The van der Waals surface area contributed by atoms with Crippen molar-refractivity contribution < 1.29 is 14.5 Å². The number of unbranched alkanes of at least 4 members (excludes halogenated alkanes) is 4. The second-order valence-electron chi connectivity index (χ2n) is 4.69. The average molecular weight is 293 g/mol. The zero-order valence-corrected chi connectivity index (χ0v) is 12.0. The Balaban J connectivity index is 2.50. The van der Waals surface area contributed by atoms with E-state index < -0.39 is 22.4 Å². The molecule has 0 bridgehead atoms. The van der Waals surface area contributed by atoms with Gasteiger partial charge in [0.2, 0.25) is 5.91 Å². The van der Waals surface area contributed by atoms with Gasteiger partial charge in [0, 0.05) is 12.6 Å². The molecule has 0 unspecified atom stereocenters. The fraction of sp³-hybridized carbons (Fsp3) is 0.500. The number of carbonyl (C=O) groups is 2. The summed E-state index contributed by atoms with van der Waals surface area (Å²) in [6, 6.07) is 1.22. The normalized spacial score (nSPS) is 10.1. The molecule has 21 heavy (non-hydrogen) atoms. The number of imide groups is 1. The molecule has 114 valence electrons. The van der Waals surface area contributed by atoms with Crippen LogP contribution >= 0.6 is 0 Å². The van der Waals surface area contributed by atoms with Gasteiger partial charge < -0.3 is 0 Å². The number of rotatable bonds is 8. The Labute approximate surface area is 122 Å². The first kappa shape index (κ1) is 16.7. The molecule has 0 atom stereocenters. The number of aromatic nitrogens is 1. The van der Waals surface area contributed by atoms with E-state index in [2.05, 4.69) is 17.2 Å². The van der Waals surface area contributed by atoms with Crippen molar-refractivity contribution in [1.82, 2.24) is 10.3 Å². The van der Waals surface area contributed by atoms with E-state index in [1.807, 2.05) is 0 Å². The quantitative estimate of drug-likeness (QED) is 0.451. The third-order valence-electron chi connectivity index (χ3n) is 3.00. The van der Waals surface area contributed by atoms with Gasteiger partial charge in [-0.05, 0) is 12.5 Å². The Hall–Kier alpha value is -2.31. The Kier molecular flexibility index (Phi) is 7.00. The van der Waals surface area contributed by atoms with Crippen molar-refractivity contribution in [3.8, 4) is 0 Å². The third-order valence-corrected chi connectivity index (χ3v) is 3.00. The number of hydrogen-bond acceptors (Lipinski definition) is 5. The molecule has 7 heteroatoms. The number of hydrogen-bond donors (Lipinski definition) is 1. The summed E-state index contributed by atoms with van der Waals surface area (Å²) in [5.41, 5.74) is -0.569. The molecule has 0 fully saturated rings. The lowest BCUT2D eigenvalue weighted by Gasteiger charge is -2.04. The van der Waals surface area contributed by atoms with E-state index in [4.69, 9.17) is 0 Å². The van der Waals surface area contributed by atoms with Crippen molar-refractivity contribution in [1.29, 1.82) is 0 Å². The number of nitrogens with zero attached hydrogens (tertiary/aromatic N) is 2. The Bertz CT molecular complexity index is 517. The van der Waals surface area contributed by atoms with Crippen LogP contribution in [0.4, 0.5) is 5.69 Å². The monoisotopic (exact) mass is 293 g/mol. The summed E-state index contributed by atoms with van der Waals surface area (Å²) in [7, 11) is 0. The summed E-state index contributed by atoms with van der Waals surface area (Å²) in [6.07, 6.45) is 7.46. The Morgan fingerprint density at radius 3 is 2.67 bits per heavy atom. The molecule has 0 radical (unpaired) electrons. The van der Waals surface area contributed by atoms with Crippen molar-refractivity contribution in [3.63, 3.8) is 0 Å². The first-order valence-corrected chi connectivity index (χ1v) is 6.98. The summed E-state index contributed by atoms with van der Waals surface area (Å²) < 4.78 is 0. The van der Waals surface area contributed by atoms with Crippen LogP contribution in [-0.4, -0.2) is 21.7 Å². The zero-order chi connectivity index (χ0) is 15.7. The minimum absolute atomic E-state index is 0.158. The number of pyridine rings is 1. The summed E-state index contributed by atoms with van der Waals surface area (Å²) in [6.45, 7) is 2.10. The summed E-state index contributed by atoms with van der Waals surface area (Å²) in [4.78, 5) is 37.2. The third kappa shape index (κ3) is 5.68. The maximum absolute atomic E-state index is 11.9. The molecule has 0 saturated heterocycles. The van der Waals surface area contributed by atoms with Gasteiger partial charge in [0.1, 0.15) is 11.8 Å². The lowest BCUT2D eigenvalue weighted by molar-refractivity contribution is -0.385. The van der Waals surface area contributed by atoms with Gasteiger partial charge >= 0.3 is 0 Å². The van der Waals surface area contributed by atoms with Crippen LogP contribution < -0.4 is 5.32 Å². The molecule has 1 aromatic heterocycles. The predicted molar refractivity (Wildman–Crippen MR) is 76.7 cm³/mol. The fourth-order valence-electron chi connectivity index (χ4n) is 1.87. The van der Waals surface area contributed by atoms with Gasteiger partial charge in [-0.3, -0.25) is 30.0 Å². The van der Waals surface area contributed by atoms with E-state index >= 15 is 0 Å². The topological polar surface area (TPSA) is 102 Å². The highest BCUT2D eigenvalue weighted by atomic mass is 16.6. The molecule has 0 aliphatic carbocycles. The molecule has 0 saturated carbocycles. The van der Waals surface area contributed by atoms with Gasteiger partial charge in [0.05, 0.1) is 4.92 Å². The van der Waals surface area contributed by atoms with Crippen LogP contribution in [0.3, 0.4) is 0 Å². The molecular weight excluding hydrogens is 274 g/mol. The smallest absolute Gasteiger partial charge is 0.292 e. The van der Waals surface area contributed by atoms with E-state index in [1.165, 1.54) is 12.3 Å². The van der Waals surface area contributed by atoms with Gasteiger partial charge in [-0.15, -0.1) is 0 Å². The van der Waals surface area contributed by atoms with Gasteiger partial charge in [-0.2, -0.15) is 0 Å². The largest absolute Gasteiger partial charge is 0.300 e. The van der Waals surface area contributed by atoms with Crippen molar-refractivity contribution in [3.05, 3.63) is 34.1 Å². The van der Waals surface area contributed by atoms with Gasteiger partial charge in [0.15, 0.2) is 0 Å². The molecule has 7 nitrogen and oxygen atoms in total. The Morgan fingerprint density at radius 2 is 2.00 bits per heavy atom. The first-order chi connectivity index (χ1) is 10.1. The predicted octanol–water partition coefficient (Wildman–Crippen LogP) is 2.61. The van der Waals surface area contributed by atoms with Crippen molar-refractivity contribution in [2.75, 3.05) is 0 Å². The number of nitrogens with one attached hydrogen (secondary N) is 1. The molecule has 0 spiro atoms. The maximum Gasteiger partial charge on any atom is 0.300 e. The van der Waals surface area contributed by atoms with E-state index in [9.17, 15) is 19.7 Å². The number of carbonyl (C=O) groups excluding carboxylic acids is 2. The van der Waals surface area contributed by atoms with E-state index in [0.29, 0.717) is 6.42 Å². The fourth-order valence-corrected chi connectivity index (χ4v) is 1.87. The lowest BCUT2D eigenvalue weighted by atomic mass is 10.1. The summed E-state index contributed by atoms with van der Waals surface area (Å²) in [5.74, 6) is -1.18. The second-order valence-corrected chi connectivity index (χ2v) is 4.69. The lowest BCUT2D eigenvalue weighted by Crippen LogP contribution is -2.30. The van der Waals surface area contributed by atoms with Crippen LogP contribution in [0.2, 0.25) is 0 Å². The number of nitro groups is 1. The van der Waals surface area contributed by atoms with E-state index in [-0.39, 0.29) is 12.0 Å². The molecular formula is C14H19N3O4. The highest BCUT2D eigenvalue weighted by Crippen LogP contribution is 2.15. The number of amides is 2. The molecule has 1 N–H and O–H groups in total. The van der Waals surface area contributed by atoms with Crippen LogP contribution in [0.25, 0.3) is 0 Å². The van der Waals surface area contributed by atoms with Crippen LogP contribution in [-0.2, 0) is 4.79 Å². The molecule has 2 amide bonds. The van der Waals surface area contributed by atoms with Gasteiger partial charge in [0.25, 0.3) is 11.6 Å². The SMILES string of the molecule is CCCCCCCC(=O)NC(=O)c1ccncc1[N+](=O)[O-]. The molecule has 1 rings (SSSR count). The second kappa shape index (κ2) is 8.78. The standard InChI is InChI=1S/C14H19N3O4/c1-2-3-4-5-6-7-13(18)16-14(19)11-8-9-15-10-12(11)17(20)21/h8-10H,2-7H2,1H3,(H,16,18,19). The molecule has 1 aromatic rings. The summed E-state index contributed by atoms with van der Waals surface area (Å²) in [5, 5.41) is 13.0. The van der Waals surface area contributed by atoms with Crippen LogP contribution in [0, 0.1) is 10.1 Å². The average Bonchev–Trinajstić information content (AvgIpc) is 2.47. The van der Waals surface area contributed by atoms with E-state index in [1.54, 1.807) is 0 Å². The van der Waals surface area contributed by atoms with Crippen LogP contribution in [0.15, 0.2) is 18.5 Å². The highest BCUT2D eigenvalue weighted by Gasteiger charge is 2.21. The van der Waals surface area contributed by atoms with Crippen LogP contribution in [0.5, 0.6) is 0 Å². The molecule has 0 aliphatic rings. The van der Waals surface area contributed by atoms with E-state index in [0.717, 1.165) is 31.9 Å².